The first-order valence-electron chi connectivity index (χ1n) is 8.91. The van der Waals surface area contributed by atoms with Crippen molar-refractivity contribution in [3.63, 3.8) is 0 Å². The predicted octanol–water partition coefficient (Wildman–Crippen LogP) is 4.92. The van der Waals surface area contributed by atoms with E-state index in [-0.39, 0.29) is 5.91 Å². The molecule has 1 rings (SSSR count). The van der Waals surface area contributed by atoms with Crippen LogP contribution in [-0.2, 0) is 4.79 Å². The average Bonchev–Trinajstić information content (AvgIpc) is 2.58. The van der Waals surface area contributed by atoms with Crippen LogP contribution in [0, 0.1) is 0 Å². The lowest BCUT2D eigenvalue weighted by atomic mass is 10.2. The Hall–Kier alpha value is -1.77. The molecule has 0 aliphatic carbocycles. The van der Waals surface area contributed by atoms with Gasteiger partial charge in [0.05, 0.1) is 6.61 Å². The fourth-order valence-corrected chi connectivity index (χ4v) is 2.26. The van der Waals surface area contributed by atoms with Crippen LogP contribution in [0.5, 0.6) is 5.75 Å². The first-order valence-corrected chi connectivity index (χ1v) is 8.91. The van der Waals surface area contributed by atoms with Crippen LogP contribution < -0.4 is 4.74 Å². The van der Waals surface area contributed by atoms with Crippen molar-refractivity contribution in [2.75, 3.05) is 19.7 Å². The molecule has 1 amide bonds. The fourth-order valence-electron chi connectivity index (χ4n) is 2.26. The van der Waals surface area contributed by atoms with Crippen LogP contribution in [0.25, 0.3) is 6.08 Å². The molecule has 0 N–H and O–H groups in total. The lowest BCUT2D eigenvalue weighted by Crippen LogP contribution is -2.31. The molecule has 1 aromatic carbocycles. The van der Waals surface area contributed by atoms with Gasteiger partial charge in [0, 0.05) is 24.7 Å². The zero-order chi connectivity index (χ0) is 16.9. The summed E-state index contributed by atoms with van der Waals surface area (Å²) < 4.78 is 5.73. The van der Waals surface area contributed by atoms with Crippen LogP contribution in [0.1, 0.15) is 58.4 Å². The van der Waals surface area contributed by atoms with Crippen LogP contribution in [0.4, 0.5) is 0 Å². The van der Waals surface area contributed by atoms with Crippen molar-refractivity contribution in [2.24, 2.45) is 0 Å². The number of hydrogen-bond donors (Lipinski definition) is 0. The molecular formula is C20H31NO2. The number of para-hydroxylation sites is 1. The minimum absolute atomic E-state index is 0.0946. The molecule has 0 radical (unpaired) electrons. The van der Waals surface area contributed by atoms with Crippen LogP contribution in [0.3, 0.4) is 0 Å². The smallest absolute Gasteiger partial charge is 0.246 e. The van der Waals surface area contributed by atoms with Gasteiger partial charge in [-0.3, -0.25) is 4.79 Å². The first kappa shape index (κ1) is 19.3. The maximum atomic E-state index is 12.5. The monoisotopic (exact) mass is 317 g/mol. The molecule has 3 heteroatoms. The van der Waals surface area contributed by atoms with Crippen molar-refractivity contribution < 1.29 is 9.53 Å². The van der Waals surface area contributed by atoms with Gasteiger partial charge in [0.15, 0.2) is 0 Å². The van der Waals surface area contributed by atoms with Gasteiger partial charge >= 0.3 is 0 Å². The summed E-state index contributed by atoms with van der Waals surface area (Å²) in [5.41, 5.74) is 0.959. The highest BCUT2D eigenvalue weighted by molar-refractivity contribution is 5.92. The quantitative estimate of drug-likeness (QED) is 0.542. The van der Waals surface area contributed by atoms with E-state index in [4.69, 9.17) is 4.74 Å². The number of benzene rings is 1. The second-order valence-electron chi connectivity index (χ2n) is 5.75. The number of carbonyl (C=O) groups is 1. The topological polar surface area (TPSA) is 29.5 Å². The highest BCUT2D eigenvalue weighted by atomic mass is 16.5. The van der Waals surface area contributed by atoms with E-state index in [0.717, 1.165) is 56.5 Å². The van der Waals surface area contributed by atoms with Crippen molar-refractivity contribution in [1.82, 2.24) is 4.90 Å². The van der Waals surface area contributed by atoms with E-state index in [1.807, 2.05) is 35.2 Å². The molecule has 23 heavy (non-hydrogen) atoms. The lowest BCUT2D eigenvalue weighted by molar-refractivity contribution is -0.126. The van der Waals surface area contributed by atoms with Gasteiger partial charge in [-0.25, -0.2) is 0 Å². The third-order valence-corrected chi connectivity index (χ3v) is 3.66. The summed E-state index contributed by atoms with van der Waals surface area (Å²) in [6, 6.07) is 7.86. The molecule has 0 atom stereocenters. The molecule has 0 aliphatic rings. The molecule has 128 valence electrons. The summed E-state index contributed by atoms with van der Waals surface area (Å²) in [6.45, 7) is 8.76. The number of unbranched alkanes of at least 4 members (excludes halogenated alkanes) is 2. The summed E-state index contributed by atoms with van der Waals surface area (Å²) in [5, 5.41) is 0. The number of nitrogens with zero attached hydrogens (tertiary/aromatic N) is 1. The zero-order valence-corrected chi connectivity index (χ0v) is 14.9. The predicted molar refractivity (Wildman–Crippen MR) is 97.7 cm³/mol. The average molecular weight is 317 g/mol. The second kappa shape index (κ2) is 11.8. The number of amides is 1. The highest BCUT2D eigenvalue weighted by Crippen LogP contribution is 2.19. The summed E-state index contributed by atoms with van der Waals surface area (Å²) in [4.78, 5) is 14.4. The van der Waals surface area contributed by atoms with Crippen LogP contribution >= 0.6 is 0 Å². The van der Waals surface area contributed by atoms with Gasteiger partial charge in [-0.2, -0.15) is 0 Å². The molecule has 0 saturated carbocycles. The van der Waals surface area contributed by atoms with E-state index in [9.17, 15) is 4.79 Å². The van der Waals surface area contributed by atoms with Crippen LogP contribution in [-0.4, -0.2) is 30.5 Å². The summed E-state index contributed by atoms with van der Waals surface area (Å²) in [6.07, 6.45) is 8.84. The molecule has 0 unspecified atom stereocenters. The third-order valence-electron chi connectivity index (χ3n) is 3.66. The molecule has 0 spiro atoms. The Morgan fingerprint density at radius 2 is 1.70 bits per heavy atom. The van der Waals surface area contributed by atoms with Crippen molar-refractivity contribution in [2.45, 2.75) is 52.9 Å². The molecule has 1 aromatic rings. The van der Waals surface area contributed by atoms with E-state index >= 15 is 0 Å². The Bertz CT molecular complexity index is 474. The summed E-state index contributed by atoms with van der Waals surface area (Å²) in [5.74, 6) is 0.935. The Labute approximate surface area is 141 Å². The highest BCUT2D eigenvalue weighted by Gasteiger charge is 2.09. The minimum Gasteiger partial charge on any atom is -0.493 e. The van der Waals surface area contributed by atoms with Gasteiger partial charge in [-0.15, -0.1) is 0 Å². The standard InChI is InChI=1S/C20H31NO2/c1-4-7-15-21(16-8-5-2)20(22)14-13-18-11-9-10-12-19(18)23-17-6-3/h9-14H,4-8,15-17H2,1-3H3/b14-13+. The van der Waals surface area contributed by atoms with E-state index in [1.54, 1.807) is 6.08 Å². The van der Waals surface area contributed by atoms with Crippen molar-refractivity contribution in [1.29, 1.82) is 0 Å². The van der Waals surface area contributed by atoms with Gasteiger partial charge in [0.25, 0.3) is 0 Å². The normalized spacial score (nSPS) is 10.9. The second-order valence-corrected chi connectivity index (χ2v) is 5.75. The van der Waals surface area contributed by atoms with E-state index < -0.39 is 0 Å². The molecule has 0 saturated heterocycles. The third kappa shape index (κ3) is 7.36. The van der Waals surface area contributed by atoms with Gasteiger partial charge < -0.3 is 9.64 Å². The molecule has 0 aromatic heterocycles. The minimum atomic E-state index is 0.0946. The van der Waals surface area contributed by atoms with Crippen molar-refractivity contribution in [3.05, 3.63) is 35.9 Å². The Balaban J connectivity index is 2.74. The molecule has 0 fully saturated rings. The van der Waals surface area contributed by atoms with Gasteiger partial charge in [-0.1, -0.05) is 51.8 Å². The molecule has 0 aliphatic heterocycles. The van der Waals surface area contributed by atoms with Crippen molar-refractivity contribution >= 4 is 12.0 Å². The first-order chi connectivity index (χ1) is 11.2. The lowest BCUT2D eigenvalue weighted by Gasteiger charge is -2.20. The van der Waals surface area contributed by atoms with Crippen molar-refractivity contribution in [3.8, 4) is 5.75 Å². The van der Waals surface area contributed by atoms with E-state index in [1.165, 1.54) is 0 Å². The van der Waals surface area contributed by atoms with Gasteiger partial charge in [-0.05, 0) is 31.4 Å². The van der Waals surface area contributed by atoms with E-state index in [0.29, 0.717) is 6.61 Å². The number of hydrogen-bond acceptors (Lipinski definition) is 2. The Morgan fingerprint density at radius 1 is 1.04 bits per heavy atom. The molecule has 0 heterocycles. The van der Waals surface area contributed by atoms with Gasteiger partial charge in [0.1, 0.15) is 5.75 Å². The summed E-state index contributed by atoms with van der Waals surface area (Å²) >= 11 is 0. The maximum absolute atomic E-state index is 12.5. The Kier molecular flexibility index (Phi) is 9.85. The zero-order valence-electron chi connectivity index (χ0n) is 14.9. The largest absolute Gasteiger partial charge is 0.493 e. The molecular weight excluding hydrogens is 286 g/mol. The SMILES string of the molecule is CCCCN(CCCC)C(=O)/C=C/c1ccccc1OCCC. The number of rotatable bonds is 11. The maximum Gasteiger partial charge on any atom is 0.246 e. The fraction of sp³-hybridized carbons (Fsp3) is 0.550. The molecule has 3 nitrogen and oxygen atoms in total. The van der Waals surface area contributed by atoms with Crippen LogP contribution in [0.15, 0.2) is 30.3 Å². The Morgan fingerprint density at radius 3 is 2.30 bits per heavy atom. The van der Waals surface area contributed by atoms with Crippen LogP contribution in [0.2, 0.25) is 0 Å². The van der Waals surface area contributed by atoms with Gasteiger partial charge in [0.2, 0.25) is 5.91 Å². The number of carbonyl (C=O) groups excluding carboxylic acids is 1. The molecule has 0 bridgehead atoms. The summed E-state index contributed by atoms with van der Waals surface area (Å²) in [7, 11) is 0. The van der Waals surface area contributed by atoms with E-state index in [2.05, 4.69) is 20.8 Å². The number of ether oxygens (including phenoxy) is 1.